The molecule has 0 radical (unpaired) electrons. The number of hydrogen-bond acceptors (Lipinski definition) is 5. The van der Waals surface area contributed by atoms with Gasteiger partial charge in [-0.1, -0.05) is 30.3 Å². The van der Waals surface area contributed by atoms with Crippen molar-refractivity contribution in [2.45, 2.75) is 13.8 Å². The van der Waals surface area contributed by atoms with Crippen LogP contribution in [0, 0.1) is 13.8 Å². The quantitative estimate of drug-likeness (QED) is 0.726. The predicted molar refractivity (Wildman–Crippen MR) is 92.1 cm³/mol. The van der Waals surface area contributed by atoms with Crippen LogP contribution in [0.5, 0.6) is 0 Å². The predicted octanol–water partition coefficient (Wildman–Crippen LogP) is 3.57. The van der Waals surface area contributed by atoms with Crippen LogP contribution in [0.4, 0.5) is 5.82 Å². The number of aliphatic imine (C=N–C) groups is 1. The van der Waals surface area contributed by atoms with E-state index in [-0.39, 0.29) is 0 Å². The molecule has 1 aromatic carbocycles. The van der Waals surface area contributed by atoms with Gasteiger partial charge in [-0.05, 0) is 19.4 Å². The Labute approximate surface area is 133 Å². The van der Waals surface area contributed by atoms with Crippen molar-refractivity contribution in [1.29, 1.82) is 0 Å². The van der Waals surface area contributed by atoms with Gasteiger partial charge in [0, 0.05) is 17.0 Å². The van der Waals surface area contributed by atoms with E-state index in [9.17, 15) is 0 Å². The van der Waals surface area contributed by atoms with Crippen molar-refractivity contribution in [2.24, 2.45) is 4.99 Å². The van der Waals surface area contributed by atoms with E-state index in [1.807, 2.05) is 18.2 Å². The van der Waals surface area contributed by atoms with Gasteiger partial charge < -0.3 is 4.90 Å². The first kappa shape index (κ1) is 13.4. The second kappa shape index (κ2) is 5.18. The van der Waals surface area contributed by atoms with Gasteiger partial charge in [-0.15, -0.1) is 11.3 Å². The number of nitrogens with zero attached hydrogens (tertiary/aromatic N) is 4. The molecule has 0 fully saturated rings. The smallest absolute Gasteiger partial charge is 0.146 e. The lowest BCUT2D eigenvalue weighted by molar-refractivity contribution is 0.999. The number of thiophene rings is 1. The fourth-order valence-corrected chi connectivity index (χ4v) is 3.85. The molecule has 0 spiro atoms. The van der Waals surface area contributed by atoms with Crippen LogP contribution in [0.15, 0.2) is 41.7 Å². The van der Waals surface area contributed by atoms with Crippen LogP contribution in [-0.2, 0) is 0 Å². The maximum absolute atomic E-state index is 4.69. The Morgan fingerprint density at radius 1 is 1.09 bits per heavy atom. The molecule has 0 saturated carbocycles. The van der Waals surface area contributed by atoms with E-state index in [0.29, 0.717) is 0 Å². The molecule has 3 heterocycles. The number of fused-ring (bicyclic) bond motifs is 1. The lowest BCUT2D eigenvalue weighted by Gasteiger charge is -2.20. The van der Waals surface area contributed by atoms with Crippen LogP contribution in [0.2, 0.25) is 0 Å². The Morgan fingerprint density at radius 3 is 2.73 bits per heavy atom. The Bertz CT molecular complexity index is 867. The Hall–Kier alpha value is -2.27. The molecule has 0 unspecified atom stereocenters. The molecule has 0 saturated heterocycles. The highest BCUT2D eigenvalue weighted by molar-refractivity contribution is 7.18. The molecule has 0 amide bonds. The van der Waals surface area contributed by atoms with Crippen LogP contribution < -0.4 is 4.90 Å². The van der Waals surface area contributed by atoms with Crippen molar-refractivity contribution in [1.82, 2.24) is 9.97 Å². The fourth-order valence-electron chi connectivity index (χ4n) is 2.86. The summed E-state index contributed by atoms with van der Waals surface area (Å²) in [7, 11) is 0. The maximum atomic E-state index is 4.69. The number of benzene rings is 1. The van der Waals surface area contributed by atoms with Crippen molar-refractivity contribution in [2.75, 3.05) is 18.0 Å². The van der Waals surface area contributed by atoms with E-state index in [2.05, 4.69) is 40.8 Å². The van der Waals surface area contributed by atoms with Gasteiger partial charge >= 0.3 is 0 Å². The molecule has 3 aromatic rings. The zero-order valence-corrected chi connectivity index (χ0v) is 13.4. The molecule has 0 aliphatic carbocycles. The number of rotatable bonds is 2. The summed E-state index contributed by atoms with van der Waals surface area (Å²) in [5.74, 6) is 1.98. The molecule has 22 heavy (non-hydrogen) atoms. The summed E-state index contributed by atoms with van der Waals surface area (Å²) >= 11 is 1.73. The maximum Gasteiger partial charge on any atom is 0.146 e. The Kier molecular flexibility index (Phi) is 3.15. The van der Waals surface area contributed by atoms with Gasteiger partial charge in [0.1, 0.15) is 22.8 Å². The average molecular weight is 308 g/mol. The molecule has 1 aliphatic rings. The molecule has 4 rings (SSSR count). The SMILES string of the molecule is Cc1sc2ncnc(N3CCN=C3c3ccccc3)c2c1C. The van der Waals surface area contributed by atoms with Crippen molar-refractivity contribution in [3.8, 4) is 0 Å². The fraction of sp³-hybridized carbons (Fsp3) is 0.235. The summed E-state index contributed by atoms with van der Waals surface area (Å²) < 4.78 is 0. The summed E-state index contributed by atoms with van der Waals surface area (Å²) in [6.45, 7) is 5.96. The van der Waals surface area contributed by atoms with Crippen LogP contribution in [-0.4, -0.2) is 28.9 Å². The third-order valence-corrected chi connectivity index (χ3v) is 5.19. The lowest BCUT2D eigenvalue weighted by Crippen LogP contribution is -2.29. The molecule has 0 N–H and O–H groups in total. The van der Waals surface area contributed by atoms with E-state index in [4.69, 9.17) is 4.99 Å². The summed E-state index contributed by atoms with van der Waals surface area (Å²) in [4.78, 5) is 18.3. The monoisotopic (exact) mass is 308 g/mol. The van der Waals surface area contributed by atoms with Crippen LogP contribution >= 0.6 is 11.3 Å². The number of anilines is 1. The minimum absolute atomic E-state index is 0.803. The van der Waals surface area contributed by atoms with Crippen molar-refractivity contribution >= 4 is 33.2 Å². The molecular formula is C17H16N4S. The standard InChI is InChI=1S/C17H16N4S/c1-11-12(2)22-17-14(11)16(19-10-20-17)21-9-8-18-15(21)13-6-4-3-5-7-13/h3-7,10H,8-9H2,1-2H3. The number of aromatic nitrogens is 2. The molecule has 110 valence electrons. The van der Waals surface area contributed by atoms with E-state index in [1.54, 1.807) is 17.7 Å². The highest BCUT2D eigenvalue weighted by Gasteiger charge is 2.24. The van der Waals surface area contributed by atoms with Gasteiger partial charge in [0.05, 0.1) is 11.9 Å². The van der Waals surface area contributed by atoms with Crippen molar-refractivity contribution < 1.29 is 0 Å². The van der Waals surface area contributed by atoms with Crippen LogP contribution in [0.1, 0.15) is 16.0 Å². The third-order valence-electron chi connectivity index (χ3n) is 4.07. The van der Waals surface area contributed by atoms with Gasteiger partial charge in [0.25, 0.3) is 0 Å². The Balaban J connectivity index is 1.87. The normalized spacial score (nSPS) is 14.6. The van der Waals surface area contributed by atoms with E-state index < -0.39 is 0 Å². The van der Waals surface area contributed by atoms with E-state index in [1.165, 1.54) is 10.4 Å². The highest BCUT2D eigenvalue weighted by atomic mass is 32.1. The van der Waals surface area contributed by atoms with Crippen molar-refractivity contribution in [3.05, 3.63) is 52.7 Å². The Morgan fingerprint density at radius 2 is 1.91 bits per heavy atom. The topological polar surface area (TPSA) is 41.4 Å². The third kappa shape index (κ3) is 2.01. The first-order chi connectivity index (χ1) is 10.8. The lowest BCUT2D eigenvalue weighted by atomic mass is 10.1. The largest absolute Gasteiger partial charge is 0.308 e. The minimum Gasteiger partial charge on any atom is -0.308 e. The average Bonchev–Trinajstić information content (AvgIpc) is 3.14. The molecule has 0 atom stereocenters. The number of amidine groups is 1. The molecular weight excluding hydrogens is 292 g/mol. The minimum atomic E-state index is 0.803. The molecule has 4 nitrogen and oxygen atoms in total. The first-order valence-corrected chi connectivity index (χ1v) is 8.15. The molecule has 2 aromatic heterocycles. The van der Waals surface area contributed by atoms with Crippen LogP contribution in [0.3, 0.4) is 0 Å². The van der Waals surface area contributed by atoms with Gasteiger partial charge in [0.15, 0.2) is 0 Å². The van der Waals surface area contributed by atoms with Gasteiger partial charge in [-0.2, -0.15) is 0 Å². The van der Waals surface area contributed by atoms with Crippen molar-refractivity contribution in [3.63, 3.8) is 0 Å². The zero-order valence-electron chi connectivity index (χ0n) is 12.6. The second-order valence-electron chi connectivity index (χ2n) is 5.38. The van der Waals surface area contributed by atoms with Gasteiger partial charge in [-0.3, -0.25) is 4.99 Å². The van der Waals surface area contributed by atoms with E-state index >= 15 is 0 Å². The first-order valence-electron chi connectivity index (χ1n) is 7.34. The highest BCUT2D eigenvalue weighted by Crippen LogP contribution is 2.35. The van der Waals surface area contributed by atoms with Gasteiger partial charge in [-0.25, -0.2) is 9.97 Å². The summed E-state index contributed by atoms with van der Waals surface area (Å²) in [6, 6.07) is 10.3. The van der Waals surface area contributed by atoms with Crippen LogP contribution in [0.25, 0.3) is 10.2 Å². The molecule has 5 heteroatoms. The molecule has 0 bridgehead atoms. The second-order valence-corrected chi connectivity index (χ2v) is 6.59. The van der Waals surface area contributed by atoms with E-state index in [0.717, 1.165) is 40.5 Å². The summed E-state index contributed by atoms with van der Waals surface area (Å²) in [5, 5.41) is 1.16. The van der Waals surface area contributed by atoms with Gasteiger partial charge in [0.2, 0.25) is 0 Å². The molecule has 1 aliphatic heterocycles. The summed E-state index contributed by atoms with van der Waals surface area (Å²) in [6.07, 6.45) is 1.66. The number of aryl methyl sites for hydroxylation is 2. The zero-order chi connectivity index (χ0) is 15.1. The number of hydrogen-bond donors (Lipinski definition) is 0. The summed E-state index contributed by atoms with van der Waals surface area (Å²) in [5.41, 5.74) is 2.41.